The number of halogens is 1. The SMILES string of the molecule is CCOc1ccc(S(=O)(=O)c2cnc(SCC(=O)Nc3cccc(Cl)c3)[nH]c2=O)cc1. The number of benzene rings is 2. The maximum absolute atomic E-state index is 12.7. The molecule has 0 spiro atoms. The zero-order chi connectivity index (χ0) is 22.4. The van der Waals surface area contributed by atoms with Crippen LogP contribution in [-0.4, -0.2) is 36.7 Å². The van der Waals surface area contributed by atoms with Crippen molar-refractivity contribution in [3.63, 3.8) is 0 Å². The molecular weight excluding hydrogens is 462 g/mol. The number of amides is 1. The minimum atomic E-state index is -4.06. The Morgan fingerprint density at radius 2 is 1.97 bits per heavy atom. The van der Waals surface area contributed by atoms with Gasteiger partial charge in [-0.15, -0.1) is 0 Å². The largest absolute Gasteiger partial charge is 0.494 e. The number of anilines is 1. The van der Waals surface area contributed by atoms with Gasteiger partial charge < -0.3 is 15.0 Å². The number of ether oxygens (including phenoxy) is 1. The van der Waals surface area contributed by atoms with Crippen LogP contribution in [0.1, 0.15) is 6.92 Å². The van der Waals surface area contributed by atoms with E-state index < -0.39 is 20.3 Å². The molecule has 1 heterocycles. The van der Waals surface area contributed by atoms with E-state index in [0.29, 0.717) is 23.1 Å². The van der Waals surface area contributed by atoms with Crippen molar-refractivity contribution < 1.29 is 17.9 Å². The second kappa shape index (κ2) is 9.99. The first-order valence-corrected chi connectivity index (χ1v) is 11.9. The van der Waals surface area contributed by atoms with E-state index >= 15 is 0 Å². The maximum Gasteiger partial charge on any atom is 0.270 e. The topological polar surface area (TPSA) is 118 Å². The van der Waals surface area contributed by atoms with Crippen molar-refractivity contribution in [1.82, 2.24) is 9.97 Å². The van der Waals surface area contributed by atoms with Gasteiger partial charge in [-0.05, 0) is 49.4 Å². The number of aromatic amines is 1. The smallest absolute Gasteiger partial charge is 0.270 e. The van der Waals surface area contributed by atoms with Gasteiger partial charge in [0.05, 0.1) is 23.5 Å². The van der Waals surface area contributed by atoms with Crippen molar-refractivity contribution in [3.05, 3.63) is 70.1 Å². The van der Waals surface area contributed by atoms with E-state index in [2.05, 4.69) is 15.3 Å². The van der Waals surface area contributed by atoms with Gasteiger partial charge in [-0.1, -0.05) is 29.4 Å². The number of nitrogens with zero attached hydrogens (tertiary/aromatic N) is 1. The van der Waals surface area contributed by atoms with Gasteiger partial charge in [-0.2, -0.15) is 0 Å². The van der Waals surface area contributed by atoms with Crippen LogP contribution in [0.3, 0.4) is 0 Å². The number of hydrogen-bond donors (Lipinski definition) is 2. The lowest BCUT2D eigenvalue weighted by atomic mass is 10.3. The third-order valence-corrected chi connectivity index (χ3v) is 6.81. The molecule has 0 bridgehead atoms. The molecule has 0 fully saturated rings. The van der Waals surface area contributed by atoms with Gasteiger partial charge in [0.1, 0.15) is 5.75 Å². The number of carbonyl (C=O) groups excluding carboxylic acids is 1. The van der Waals surface area contributed by atoms with Crippen molar-refractivity contribution in [2.75, 3.05) is 17.7 Å². The lowest BCUT2D eigenvalue weighted by Crippen LogP contribution is -2.20. The molecule has 0 atom stereocenters. The molecule has 31 heavy (non-hydrogen) atoms. The molecule has 0 saturated heterocycles. The van der Waals surface area contributed by atoms with Gasteiger partial charge in [0.2, 0.25) is 15.7 Å². The summed E-state index contributed by atoms with van der Waals surface area (Å²) in [6.45, 7) is 2.27. The van der Waals surface area contributed by atoms with Crippen LogP contribution in [0.2, 0.25) is 5.02 Å². The molecule has 3 aromatic rings. The Labute approximate surface area is 187 Å². The predicted octanol–water partition coefficient (Wildman–Crippen LogP) is 3.39. The second-order valence-electron chi connectivity index (χ2n) is 6.14. The van der Waals surface area contributed by atoms with Crippen LogP contribution >= 0.6 is 23.4 Å². The molecule has 162 valence electrons. The summed E-state index contributed by atoms with van der Waals surface area (Å²) in [7, 11) is -4.06. The van der Waals surface area contributed by atoms with Crippen LogP contribution in [0.15, 0.2) is 74.5 Å². The Morgan fingerprint density at radius 3 is 2.61 bits per heavy atom. The van der Waals surface area contributed by atoms with Crippen molar-refractivity contribution >= 4 is 44.8 Å². The fourth-order valence-corrected chi connectivity index (χ4v) is 4.59. The fourth-order valence-electron chi connectivity index (χ4n) is 2.54. The van der Waals surface area contributed by atoms with Crippen LogP contribution in [0.25, 0.3) is 0 Å². The third-order valence-electron chi connectivity index (χ3n) is 3.93. The Bertz CT molecular complexity index is 1240. The maximum atomic E-state index is 12.7. The van der Waals surface area contributed by atoms with Crippen molar-refractivity contribution in [3.8, 4) is 5.75 Å². The molecule has 2 N–H and O–H groups in total. The summed E-state index contributed by atoms with van der Waals surface area (Å²) >= 11 is 6.84. The third kappa shape index (κ3) is 5.87. The fraction of sp³-hybridized carbons (Fsp3) is 0.150. The number of sulfone groups is 1. The lowest BCUT2D eigenvalue weighted by Gasteiger charge is -2.07. The van der Waals surface area contributed by atoms with Gasteiger partial charge in [0.25, 0.3) is 5.56 Å². The molecule has 0 aliphatic rings. The summed E-state index contributed by atoms with van der Waals surface area (Å²) in [6.07, 6.45) is 0.988. The molecular formula is C20H18ClN3O5S2. The van der Waals surface area contributed by atoms with Gasteiger partial charge >= 0.3 is 0 Å². The van der Waals surface area contributed by atoms with Gasteiger partial charge in [-0.25, -0.2) is 13.4 Å². The minimum absolute atomic E-state index is 0.0412. The summed E-state index contributed by atoms with van der Waals surface area (Å²) < 4.78 is 30.8. The van der Waals surface area contributed by atoms with Crippen molar-refractivity contribution in [2.45, 2.75) is 21.9 Å². The number of H-pyrrole nitrogens is 1. The number of aromatic nitrogens is 2. The molecule has 0 radical (unpaired) electrons. The second-order valence-corrected chi connectivity index (χ2v) is 9.46. The van der Waals surface area contributed by atoms with Crippen LogP contribution in [0.4, 0.5) is 5.69 Å². The quantitative estimate of drug-likeness (QED) is 0.375. The molecule has 2 aromatic carbocycles. The molecule has 11 heteroatoms. The summed E-state index contributed by atoms with van der Waals surface area (Å²) in [4.78, 5) is 30.3. The van der Waals surface area contributed by atoms with Gasteiger partial charge in [0, 0.05) is 10.7 Å². The molecule has 3 rings (SSSR count). The molecule has 0 unspecified atom stereocenters. The van der Waals surface area contributed by atoms with E-state index in [-0.39, 0.29) is 21.7 Å². The zero-order valence-electron chi connectivity index (χ0n) is 16.3. The van der Waals surface area contributed by atoms with E-state index in [1.54, 1.807) is 24.3 Å². The van der Waals surface area contributed by atoms with Crippen LogP contribution in [0, 0.1) is 0 Å². The first-order chi connectivity index (χ1) is 14.8. The highest BCUT2D eigenvalue weighted by Gasteiger charge is 2.22. The van der Waals surface area contributed by atoms with E-state index in [9.17, 15) is 18.0 Å². The number of thioether (sulfide) groups is 1. The lowest BCUT2D eigenvalue weighted by molar-refractivity contribution is -0.113. The summed E-state index contributed by atoms with van der Waals surface area (Å²) in [5.74, 6) is 0.151. The summed E-state index contributed by atoms with van der Waals surface area (Å²) in [5.41, 5.74) is -0.280. The first-order valence-electron chi connectivity index (χ1n) is 9.05. The first kappa shape index (κ1) is 22.9. The highest BCUT2D eigenvalue weighted by molar-refractivity contribution is 7.99. The Hall–Kier alpha value is -2.82. The molecule has 0 saturated carbocycles. The average Bonchev–Trinajstić information content (AvgIpc) is 2.73. The predicted molar refractivity (Wildman–Crippen MR) is 119 cm³/mol. The minimum Gasteiger partial charge on any atom is -0.494 e. The highest BCUT2D eigenvalue weighted by atomic mass is 35.5. The highest BCUT2D eigenvalue weighted by Crippen LogP contribution is 2.22. The number of nitrogens with one attached hydrogen (secondary N) is 2. The molecule has 0 aliphatic carbocycles. The van der Waals surface area contributed by atoms with E-state index in [1.165, 1.54) is 24.3 Å². The van der Waals surface area contributed by atoms with E-state index in [1.807, 2.05) is 6.92 Å². The molecule has 0 aliphatic heterocycles. The normalized spacial score (nSPS) is 11.2. The van der Waals surface area contributed by atoms with Crippen LogP contribution in [0.5, 0.6) is 5.75 Å². The monoisotopic (exact) mass is 479 g/mol. The van der Waals surface area contributed by atoms with Crippen LogP contribution < -0.4 is 15.6 Å². The standard InChI is InChI=1S/C20H18ClN3O5S2/c1-2-29-15-6-8-16(9-7-15)31(27,28)17-11-22-20(24-19(17)26)30-12-18(25)23-14-5-3-4-13(21)10-14/h3-11H,2,12H2,1H3,(H,23,25)(H,22,24,26). The van der Waals surface area contributed by atoms with E-state index in [4.69, 9.17) is 16.3 Å². The summed E-state index contributed by atoms with van der Waals surface area (Å²) in [5, 5.41) is 3.28. The summed E-state index contributed by atoms with van der Waals surface area (Å²) in [6, 6.07) is 12.4. The molecule has 1 amide bonds. The number of hydrogen-bond acceptors (Lipinski definition) is 7. The zero-order valence-corrected chi connectivity index (χ0v) is 18.7. The number of rotatable bonds is 8. The Morgan fingerprint density at radius 1 is 1.23 bits per heavy atom. The van der Waals surface area contributed by atoms with Crippen LogP contribution in [-0.2, 0) is 14.6 Å². The Balaban J connectivity index is 1.69. The molecule has 1 aromatic heterocycles. The Kier molecular flexibility index (Phi) is 7.37. The average molecular weight is 480 g/mol. The van der Waals surface area contributed by atoms with Gasteiger partial charge in [0.15, 0.2) is 10.1 Å². The van der Waals surface area contributed by atoms with Gasteiger partial charge in [-0.3, -0.25) is 9.59 Å². The number of carbonyl (C=O) groups is 1. The van der Waals surface area contributed by atoms with Crippen molar-refractivity contribution in [2.24, 2.45) is 0 Å². The van der Waals surface area contributed by atoms with Crippen molar-refractivity contribution in [1.29, 1.82) is 0 Å². The molecule has 8 nitrogen and oxygen atoms in total. The van der Waals surface area contributed by atoms with E-state index in [0.717, 1.165) is 18.0 Å².